The lowest BCUT2D eigenvalue weighted by Crippen LogP contribution is -2.22. The highest BCUT2D eigenvalue weighted by molar-refractivity contribution is 6.32. The van der Waals surface area contributed by atoms with Crippen molar-refractivity contribution in [2.45, 2.75) is 0 Å². The van der Waals surface area contributed by atoms with Crippen LogP contribution in [0.5, 0.6) is 11.5 Å². The fraction of sp³-hybridized carbons (Fsp3) is 0.214. The number of hydrogen-bond acceptors (Lipinski definition) is 6. The number of methoxy groups -OCH3 is 2. The Morgan fingerprint density at radius 3 is 2.57 bits per heavy atom. The molecular weight excluding hydrogens is 328 g/mol. The van der Waals surface area contributed by atoms with Crippen molar-refractivity contribution in [2.24, 2.45) is 0 Å². The SMILES string of the molecule is COC(=O)COc1c(Cl)cc(/C=C2/NC(=O)NC2=O)cc1OC. The Bertz CT molecular complexity index is 701. The number of urea groups is 1. The maximum Gasteiger partial charge on any atom is 0.343 e. The Morgan fingerprint density at radius 2 is 2.00 bits per heavy atom. The lowest BCUT2D eigenvalue weighted by molar-refractivity contribution is -0.142. The minimum Gasteiger partial charge on any atom is -0.493 e. The monoisotopic (exact) mass is 340 g/mol. The van der Waals surface area contributed by atoms with Gasteiger partial charge in [-0.25, -0.2) is 9.59 Å². The molecule has 0 atom stereocenters. The van der Waals surface area contributed by atoms with Gasteiger partial charge in [-0.05, 0) is 23.8 Å². The number of esters is 1. The molecule has 1 saturated heterocycles. The number of benzene rings is 1. The lowest BCUT2D eigenvalue weighted by Gasteiger charge is -2.12. The first-order valence-electron chi connectivity index (χ1n) is 6.35. The van der Waals surface area contributed by atoms with E-state index in [1.54, 1.807) is 6.07 Å². The van der Waals surface area contributed by atoms with Crippen LogP contribution in [-0.2, 0) is 14.3 Å². The number of amides is 3. The highest BCUT2D eigenvalue weighted by Crippen LogP contribution is 2.37. The number of rotatable bonds is 5. The van der Waals surface area contributed by atoms with Crippen LogP contribution in [0.25, 0.3) is 6.08 Å². The molecule has 1 aromatic carbocycles. The zero-order chi connectivity index (χ0) is 17.0. The molecule has 1 aromatic rings. The third-order valence-electron chi connectivity index (χ3n) is 2.84. The van der Waals surface area contributed by atoms with Gasteiger partial charge in [-0.1, -0.05) is 11.6 Å². The van der Waals surface area contributed by atoms with Crippen molar-refractivity contribution in [3.05, 3.63) is 28.4 Å². The average molecular weight is 341 g/mol. The third kappa shape index (κ3) is 3.92. The van der Waals surface area contributed by atoms with E-state index < -0.39 is 17.9 Å². The summed E-state index contributed by atoms with van der Waals surface area (Å²) in [7, 11) is 2.64. The molecule has 0 radical (unpaired) electrons. The van der Waals surface area contributed by atoms with Gasteiger partial charge in [-0.15, -0.1) is 0 Å². The van der Waals surface area contributed by atoms with Crippen LogP contribution in [0.4, 0.5) is 4.79 Å². The molecule has 23 heavy (non-hydrogen) atoms. The molecule has 0 bridgehead atoms. The molecule has 1 aliphatic heterocycles. The van der Waals surface area contributed by atoms with Crippen LogP contribution in [0.3, 0.4) is 0 Å². The highest BCUT2D eigenvalue weighted by Gasteiger charge is 2.23. The fourth-order valence-electron chi connectivity index (χ4n) is 1.80. The maximum atomic E-state index is 11.5. The average Bonchev–Trinajstić information content (AvgIpc) is 2.82. The van der Waals surface area contributed by atoms with Gasteiger partial charge in [-0.2, -0.15) is 0 Å². The standard InChI is InChI=1S/C14H13ClN2O6/c1-21-10-5-7(4-9-13(19)17-14(20)16-9)3-8(15)12(10)23-6-11(18)22-2/h3-5H,6H2,1-2H3,(H2,16,17,19,20)/b9-4+. The van der Waals surface area contributed by atoms with Crippen molar-refractivity contribution in [2.75, 3.05) is 20.8 Å². The molecule has 9 heteroatoms. The molecule has 3 amide bonds. The zero-order valence-corrected chi connectivity index (χ0v) is 13.0. The molecule has 1 fully saturated rings. The summed E-state index contributed by atoms with van der Waals surface area (Å²) in [6, 6.07) is 2.45. The topological polar surface area (TPSA) is 103 Å². The fourth-order valence-corrected chi connectivity index (χ4v) is 2.08. The molecule has 1 aliphatic rings. The van der Waals surface area contributed by atoms with E-state index >= 15 is 0 Å². The van der Waals surface area contributed by atoms with Gasteiger partial charge >= 0.3 is 12.0 Å². The summed E-state index contributed by atoms with van der Waals surface area (Å²) in [6.07, 6.45) is 1.43. The number of halogens is 1. The molecule has 122 valence electrons. The van der Waals surface area contributed by atoms with Gasteiger partial charge in [0.2, 0.25) is 0 Å². The van der Waals surface area contributed by atoms with Crippen LogP contribution in [0.15, 0.2) is 17.8 Å². The van der Waals surface area contributed by atoms with Crippen molar-refractivity contribution < 1.29 is 28.6 Å². The van der Waals surface area contributed by atoms with Crippen LogP contribution in [0, 0.1) is 0 Å². The summed E-state index contributed by atoms with van der Waals surface area (Å²) in [4.78, 5) is 33.7. The van der Waals surface area contributed by atoms with Gasteiger partial charge in [0, 0.05) is 0 Å². The summed E-state index contributed by atoms with van der Waals surface area (Å²) in [6.45, 7) is -0.328. The molecule has 2 rings (SSSR count). The summed E-state index contributed by atoms with van der Waals surface area (Å²) in [5, 5.41) is 4.61. The Balaban J connectivity index is 2.29. The second-order valence-electron chi connectivity index (χ2n) is 4.37. The number of carbonyl (C=O) groups is 3. The molecule has 0 saturated carbocycles. The molecule has 0 aliphatic carbocycles. The molecule has 0 unspecified atom stereocenters. The highest BCUT2D eigenvalue weighted by atomic mass is 35.5. The van der Waals surface area contributed by atoms with Crippen LogP contribution >= 0.6 is 11.6 Å². The van der Waals surface area contributed by atoms with E-state index in [1.807, 2.05) is 0 Å². The van der Waals surface area contributed by atoms with Gasteiger partial charge in [0.1, 0.15) is 5.70 Å². The van der Waals surface area contributed by atoms with Crippen molar-refractivity contribution in [1.82, 2.24) is 10.6 Å². The minimum atomic E-state index is -0.600. The molecular formula is C14H13ClN2O6. The van der Waals surface area contributed by atoms with E-state index in [-0.39, 0.29) is 28.8 Å². The molecule has 2 N–H and O–H groups in total. The minimum absolute atomic E-state index is 0.0800. The Labute approximate surface area is 136 Å². The second-order valence-corrected chi connectivity index (χ2v) is 4.77. The second kappa shape index (κ2) is 7.01. The van der Waals surface area contributed by atoms with E-state index in [4.69, 9.17) is 21.1 Å². The van der Waals surface area contributed by atoms with Crippen molar-refractivity contribution >= 4 is 35.6 Å². The van der Waals surface area contributed by atoms with Crippen LogP contribution in [0.2, 0.25) is 5.02 Å². The van der Waals surface area contributed by atoms with E-state index in [0.717, 1.165) is 0 Å². The quantitative estimate of drug-likeness (QED) is 0.472. The summed E-state index contributed by atoms with van der Waals surface area (Å²) in [5.74, 6) is -0.685. The van der Waals surface area contributed by atoms with Gasteiger partial charge in [0.15, 0.2) is 18.1 Å². The number of imide groups is 1. The van der Waals surface area contributed by atoms with E-state index in [9.17, 15) is 14.4 Å². The zero-order valence-electron chi connectivity index (χ0n) is 12.3. The van der Waals surface area contributed by atoms with Crippen molar-refractivity contribution in [3.8, 4) is 11.5 Å². The molecule has 8 nitrogen and oxygen atoms in total. The van der Waals surface area contributed by atoms with Gasteiger partial charge in [0.25, 0.3) is 5.91 Å². The van der Waals surface area contributed by atoms with Crippen LogP contribution < -0.4 is 20.1 Å². The summed E-state index contributed by atoms with van der Waals surface area (Å²) >= 11 is 6.12. The molecule has 1 heterocycles. The number of hydrogen-bond donors (Lipinski definition) is 2. The summed E-state index contributed by atoms with van der Waals surface area (Å²) in [5.41, 5.74) is 0.584. The number of nitrogens with one attached hydrogen (secondary N) is 2. The van der Waals surface area contributed by atoms with Gasteiger partial charge in [0.05, 0.1) is 19.2 Å². The number of ether oxygens (including phenoxy) is 3. The van der Waals surface area contributed by atoms with E-state index in [1.165, 1.54) is 26.4 Å². The Morgan fingerprint density at radius 1 is 1.26 bits per heavy atom. The molecule has 0 spiro atoms. The van der Waals surface area contributed by atoms with Crippen LogP contribution in [-0.4, -0.2) is 38.7 Å². The maximum absolute atomic E-state index is 11.5. The Hall–Kier alpha value is -2.74. The van der Waals surface area contributed by atoms with Gasteiger partial charge in [-0.3, -0.25) is 10.1 Å². The third-order valence-corrected chi connectivity index (χ3v) is 3.13. The summed E-state index contributed by atoms with van der Waals surface area (Å²) < 4.78 is 14.9. The van der Waals surface area contributed by atoms with Crippen molar-refractivity contribution in [1.29, 1.82) is 0 Å². The predicted molar refractivity (Wildman–Crippen MR) is 80.2 cm³/mol. The number of carbonyl (C=O) groups excluding carboxylic acids is 3. The normalized spacial score (nSPS) is 15.2. The largest absolute Gasteiger partial charge is 0.493 e. The Kier molecular flexibility index (Phi) is 5.07. The first-order valence-corrected chi connectivity index (χ1v) is 6.73. The predicted octanol–water partition coefficient (Wildman–Crippen LogP) is 1.08. The van der Waals surface area contributed by atoms with Crippen LogP contribution in [0.1, 0.15) is 5.56 Å². The van der Waals surface area contributed by atoms with E-state index in [2.05, 4.69) is 15.4 Å². The smallest absolute Gasteiger partial charge is 0.343 e. The first-order chi connectivity index (χ1) is 10.9. The van der Waals surface area contributed by atoms with E-state index in [0.29, 0.717) is 5.56 Å². The molecule has 0 aromatic heterocycles. The van der Waals surface area contributed by atoms with Crippen molar-refractivity contribution in [3.63, 3.8) is 0 Å². The lowest BCUT2D eigenvalue weighted by atomic mass is 10.1. The van der Waals surface area contributed by atoms with Gasteiger partial charge < -0.3 is 19.5 Å². The first kappa shape index (κ1) is 16.6.